The fourth-order valence-electron chi connectivity index (χ4n) is 5.24. The van der Waals surface area contributed by atoms with Crippen LogP contribution in [0, 0.1) is 11.3 Å². The molecule has 1 aliphatic rings. The van der Waals surface area contributed by atoms with Gasteiger partial charge in [-0.1, -0.05) is 65.4 Å². The molecule has 0 bridgehead atoms. The Labute approximate surface area is 287 Å². The third kappa shape index (κ3) is 6.79. The third-order valence-electron chi connectivity index (χ3n) is 7.50. The number of nitrogens with zero attached hydrogens (tertiary/aromatic N) is 3. The highest BCUT2D eigenvalue weighted by molar-refractivity contribution is 9.10. The van der Waals surface area contributed by atoms with Gasteiger partial charge >= 0.3 is 0 Å². The number of para-hydroxylation sites is 1. The number of carbonyl (C=O) groups excluding carboxylic acids is 1. The average Bonchev–Trinajstić information content (AvgIpc) is 3.37. The third-order valence-corrected chi connectivity index (χ3v) is 9.32. The molecule has 8 nitrogen and oxygen atoms in total. The number of aromatic nitrogens is 1. The molecule has 5 aromatic rings. The Kier molecular flexibility index (Phi) is 9.41. The molecular weight excluding hydrogens is 700 g/mol. The molecule has 0 saturated heterocycles. The Hall–Kier alpha value is -4.95. The lowest BCUT2D eigenvalue weighted by Gasteiger charge is -2.25. The van der Waals surface area contributed by atoms with Crippen molar-refractivity contribution in [2.45, 2.75) is 19.6 Å². The van der Waals surface area contributed by atoms with E-state index >= 15 is 0 Å². The minimum absolute atomic E-state index is 0.267. The van der Waals surface area contributed by atoms with Gasteiger partial charge in [-0.25, -0.2) is 4.99 Å². The van der Waals surface area contributed by atoms with E-state index in [0.29, 0.717) is 58.4 Å². The summed E-state index contributed by atoms with van der Waals surface area (Å²) in [4.78, 5) is 33.1. The van der Waals surface area contributed by atoms with Crippen LogP contribution in [-0.2, 0) is 11.4 Å². The number of rotatable bonds is 8. The van der Waals surface area contributed by atoms with E-state index in [1.807, 2.05) is 48.5 Å². The summed E-state index contributed by atoms with van der Waals surface area (Å²) in [5.74, 6) is 0.627. The second kappa shape index (κ2) is 13.8. The number of benzene rings is 4. The molecular formula is C36H26BrClN4O4S. The minimum atomic E-state index is -0.728. The molecule has 1 N–H and O–H groups in total. The molecule has 1 amide bonds. The van der Waals surface area contributed by atoms with E-state index in [-0.39, 0.29) is 18.1 Å². The molecule has 1 aromatic heterocycles. The molecule has 6 rings (SSSR count). The highest BCUT2D eigenvalue weighted by Crippen LogP contribution is 2.37. The van der Waals surface area contributed by atoms with E-state index in [9.17, 15) is 9.59 Å². The quantitative estimate of drug-likeness (QED) is 0.191. The van der Waals surface area contributed by atoms with Crippen LogP contribution in [0.1, 0.15) is 35.2 Å². The van der Waals surface area contributed by atoms with E-state index in [2.05, 4.69) is 27.3 Å². The van der Waals surface area contributed by atoms with Crippen LogP contribution in [0.5, 0.6) is 11.5 Å². The van der Waals surface area contributed by atoms with Gasteiger partial charge in [-0.15, -0.1) is 0 Å². The Bertz CT molecular complexity index is 2240. The van der Waals surface area contributed by atoms with Crippen LogP contribution < -0.4 is 29.7 Å². The molecule has 0 saturated carbocycles. The monoisotopic (exact) mass is 724 g/mol. The largest absolute Gasteiger partial charge is 0.493 e. The highest BCUT2D eigenvalue weighted by Gasteiger charge is 2.32. The van der Waals surface area contributed by atoms with Crippen molar-refractivity contribution in [2.75, 3.05) is 12.4 Å². The van der Waals surface area contributed by atoms with E-state index in [1.54, 1.807) is 67.1 Å². The van der Waals surface area contributed by atoms with Crippen molar-refractivity contribution < 1.29 is 14.3 Å². The summed E-state index contributed by atoms with van der Waals surface area (Å²) in [5.41, 5.74) is 4.11. The lowest BCUT2D eigenvalue weighted by Crippen LogP contribution is -2.40. The van der Waals surface area contributed by atoms with Crippen LogP contribution in [-0.4, -0.2) is 17.6 Å². The van der Waals surface area contributed by atoms with Crippen molar-refractivity contribution >= 4 is 56.5 Å². The predicted octanol–water partition coefficient (Wildman–Crippen LogP) is 6.75. The van der Waals surface area contributed by atoms with Gasteiger partial charge in [0.1, 0.15) is 6.61 Å². The van der Waals surface area contributed by atoms with E-state index < -0.39 is 6.04 Å². The smallest absolute Gasteiger partial charge is 0.271 e. The van der Waals surface area contributed by atoms with Gasteiger partial charge in [0.05, 0.1) is 45.1 Å². The summed E-state index contributed by atoms with van der Waals surface area (Å²) in [6.07, 6.45) is 1.77. The van der Waals surface area contributed by atoms with Gasteiger partial charge in [0.25, 0.3) is 11.5 Å². The number of thiazole rings is 1. The fraction of sp³-hybridized carbons (Fsp3) is 0.111. The van der Waals surface area contributed by atoms with Crippen molar-refractivity contribution in [3.63, 3.8) is 0 Å². The fourth-order valence-corrected chi connectivity index (χ4v) is 6.98. The molecule has 0 radical (unpaired) electrons. The molecule has 0 fully saturated rings. The van der Waals surface area contributed by atoms with Gasteiger partial charge < -0.3 is 14.8 Å². The molecule has 47 heavy (non-hydrogen) atoms. The standard InChI is InChI=1S/C36H26BrClN4O4S/c1-21-31(34(43)41-27-6-4-3-5-7-27)32(25-12-14-26(38)15-13-25)42-35(44)30(47-36(42)40-21)18-24-16-28(37)33(29(17-24)45-2)46-20-23-10-8-22(19-39)9-11-23/h3-18,32H,20H2,1-2H3,(H,41,43)/b30-18+/t32-/m0/s1. The molecule has 0 unspecified atom stereocenters. The summed E-state index contributed by atoms with van der Waals surface area (Å²) >= 11 is 11.0. The minimum Gasteiger partial charge on any atom is -0.493 e. The number of halogens is 2. The lowest BCUT2D eigenvalue weighted by atomic mass is 9.95. The molecule has 1 atom stereocenters. The van der Waals surface area contributed by atoms with Gasteiger partial charge in [-0.05, 0) is 94.2 Å². The van der Waals surface area contributed by atoms with Gasteiger partial charge in [0, 0.05) is 10.7 Å². The number of hydrogen-bond acceptors (Lipinski definition) is 7. The topological polar surface area (TPSA) is 106 Å². The summed E-state index contributed by atoms with van der Waals surface area (Å²) < 4.78 is 14.4. The number of ether oxygens (including phenoxy) is 2. The molecule has 1 aliphatic heterocycles. The zero-order valence-corrected chi connectivity index (χ0v) is 28.3. The Morgan fingerprint density at radius 3 is 2.51 bits per heavy atom. The molecule has 234 valence electrons. The number of allylic oxidation sites excluding steroid dienone is 1. The average molecular weight is 726 g/mol. The number of amides is 1. The Morgan fingerprint density at radius 1 is 1.11 bits per heavy atom. The van der Waals surface area contributed by atoms with Crippen LogP contribution in [0.4, 0.5) is 5.69 Å². The van der Waals surface area contributed by atoms with Crippen LogP contribution in [0.15, 0.2) is 117 Å². The highest BCUT2D eigenvalue weighted by atomic mass is 79.9. The van der Waals surface area contributed by atoms with Crippen LogP contribution >= 0.6 is 38.9 Å². The number of nitriles is 1. The van der Waals surface area contributed by atoms with Gasteiger partial charge in [0.15, 0.2) is 16.3 Å². The maximum atomic E-state index is 14.1. The molecule has 0 aliphatic carbocycles. The van der Waals surface area contributed by atoms with Crippen molar-refractivity contribution in [3.8, 4) is 17.6 Å². The van der Waals surface area contributed by atoms with Crippen LogP contribution in [0.25, 0.3) is 6.08 Å². The lowest BCUT2D eigenvalue weighted by molar-refractivity contribution is -0.113. The first-order valence-electron chi connectivity index (χ1n) is 14.4. The van der Waals surface area contributed by atoms with E-state index in [0.717, 1.165) is 11.1 Å². The first kappa shape index (κ1) is 32.0. The SMILES string of the molecule is COc1cc(/C=c2/sc3n(c2=O)[C@@H](c2ccc(Cl)cc2)C(C(=O)Nc2ccccc2)=C(C)N=3)cc(Br)c1OCc1ccc(C#N)cc1. The van der Waals surface area contributed by atoms with Crippen molar-refractivity contribution in [1.29, 1.82) is 5.26 Å². The van der Waals surface area contributed by atoms with Gasteiger partial charge in [0.2, 0.25) is 0 Å². The van der Waals surface area contributed by atoms with Crippen molar-refractivity contribution in [3.05, 3.63) is 154 Å². The normalized spacial score (nSPS) is 14.2. The molecule has 2 heterocycles. The molecule has 0 spiro atoms. The number of methoxy groups -OCH3 is 1. The maximum absolute atomic E-state index is 14.1. The van der Waals surface area contributed by atoms with Crippen molar-refractivity contribution in [1.82, 2.24) is 4.57 Å². The Morgan fingerprint density at radius 2 is 1.83 bits per heavy atom. The van der Waals surface area contributed by atoms with E-state index in [4.69, 9.17) is 31.3 Å². The second-order valence-electron chi connectivity index (χ2n) is 10.6. The zero-order valence-electron chi connectivity index (χ0n) is 25.2. The number of nitrogens with one attached hydrogen (secondary N) is 1. The summed E-state index contributed by atoms with van der Waals surface area (Å²) in [7, 11) is 1.55. The summed E-state index contributed by atoms with van der Waals surface area (Å²) in [6.45, 7) is 2.04. The van der Waals surface area contributed by atoms with Crippen LogP contribution in [0.2, 0.25) is 5.02 Å². The zero-order chi connectivity index (χ0) is 33.1. The maximum Gasteiger partial charge on any atom is 0.271 e. The predicted molar refractivity (Wildman–Crippen MR) is 186 cm³/mol. The Balaban J connectivity index is 1.38. The molecule has 4 aromatic carbocycles. The van der Waals surface area contributed by atoms with Crippen LogP contribution in [0.3, 0.4) is 0 Å². The van der Waals surface area contributed by atoms with Crippen molar-refractivity contribution in [2.24, 2.45) is 4.99 Å². The number of fused-ring (bicyclic) bond motifs is 1. The van der Waals surface area contributed by atoms with E-state index in [1.165, 1.54) is 11.3 Å². The van der Waals surface area contributed by atoms with Gasteiger partial charge in [-0.2, -0.15) is 5.26 Å². The summed E-state index contributed by atoms with van der Waals surface area (Å²) in [6, 6.07) is 28.4. The number of hydrogen-bond donors (Lipinski definition) is 1. The first-order valence-corrected chi connectivity index (χ1v) is 16.4. The number of carbonyl (C=O) groups is 1. The summed E-state index contributed by atoms with van der Waals surface area (Å²) in [5, 5.41) is 12.5. The van der Waals surface area contributed by atoms with Gasteiger partial charge in [-0.3, -0.25) is 14.2 Å². The first-order chi connectivity index (χ1) is 22.7. The number of anilines is 1. The molecule has 11 heteroatoms. The second-order valence-corrected chi connectivity index (χ2v) is 12.9.